The van der Waals surface area contributed by atoms with Crippen LogP contribution >= 0.6 is 0 Å². The molecule has 0 amide bonds. The lowest BCUT2D eigenvalue weighted by Crippen LogP contribution is -2.14. The zero-order valence-corrected chi connectivity index (χ0v) is 10.0. The topological polar surface area (TPSA) is 12.0 Å². The van der Waals surface area contributed by atoms with E-state index in [4.69, 9.17) is 0 Å². The van der Waals surface area contributed by atoms with Crippen LogP contribution in [0.3, 0.4) is 0 Å². The first-order chi connectivity index (χ1) is 7.11. The third-order valence-electron chi connectivity index (χ3n) is 2.44. The van der Waals surface area contributed by atoms with Crippen molar-refractivity contribution in [2.24, 2.45) is 0 Å². The van der Waals surface area contributed by atoms with Gasteiger partial charge in [-0.3, -0.25) is 0 Å². The number of allylic oxidation sites excluding steroid dienone is 1. The fraction of sp³-hybridized carbons (Fsp3) is 0.429. The number of benzene rings is 1. The Hall–Kier alpha value is -1.24. The van der Waals surface area contributed by atoms with Crippen LogP contribution < -0.4 is 5.32 Å². The molecule has 0 aliphatic heterocycles. The first kappa shape index (κ1) is 11.8. The normalized spacial score (nSPS) is 12.2. The summed E-state index contributed by atoms with van der Waals surface area (Å²) in [5, 5.41) is 3.51. The van der Waals surface area contributed by atoms with Crippen LogP contribution in [0.4, 0.5) is 5.69 Å². The van der Waals surface area contributed by atoms with E-state index < -0.39 is 0 Å². The Kier molecular flexibility index (Phi) is 4.41. The molecule has 1 unspecified atom stereocenters. The Morgan fingerprint density at radius 3 is 2.40 bits per heavy atom. The van der Waals surface area contributed by atoms with E-state index in [1.54, 1.807) is 0 Å². The highest BCUT2D eigenvalue weighted by Gasteiger charge is 2.01. The third-order valence-corrected chi connectivity index (χ3v) is 2.44. The molecule has 15 heavy (non-hydrogen) atoms. The number of nitrogens with one attached hydrogen (secondary N) is 1. The van der Waals surface area contributed by atoms with Crippen LogP contribution in [0.5, 0.6) is 0 Å². The predicted molar refractivity (Wildman–Crippen MR) is 68.4 cm³/mol. The smallest absolute Gasteiger partial charge is 0.0347 e. The molecule has 82 valence electrons. The first-order valence-electron chi connectivity index (χ1n) is 5.57. The molecule has 1 aromatic carbocycles. The van der Waals surface area contributed by atoms with E-state index >= 15 is 0 Å². The van der Waals surface area contributed by atoms with Crippen LogP contribution in [-0.2, 0) is 0 Å². The highest BCUT2D eigenvalue weighted by atomic mass is 14.9. The molecule has 0 fully saturated rings. The summed E-state index contributed by atoms with van der Waals surface area (Å²) < 4.78 is 0. The highest BCUT2D eigenvalue weighted by Crippen LogP contribution is 2.15. The van der Waals surface area contributed by atoms with E-state index in [1.165, 1.54) is 16.8 Å². The average molecular weight is 203 g/mol. The minimum absolute atomic E-state index is 0.504. The highest BCUT2D eigenvalue weighted by molar-refractivity contribution is 5.48. The second kappa shape index (κ2) is 5.59. The predicted octanol–water partition coefficient (Wildman–Crippen LogP) is 4.07. The summed E-state index contributed by atoms with van der Waals surface area (Å²) in [5.41, 5.74) is 3.85. The molecule has 1 atom stereocenters. The SMILES string of the molecule is C=CCCC(C)Nc1cc(C)cc(C)c1. The Balaban J connectivity index is 2.59. The van der Waals surface area contributed by atoms with Gasteiger partial charge in [0, 0.05) is 11.7 Å². The molecule has 0 saturated heterocycles. The Bertz CT molecular complexity index is 308. The number of anilines is 1. The van der Waals surface area contributed by atoms with Crippen LogP contribution in [0.25, 0.3) is 0 Å². The Morgan fingerprint density at radius 2 is 1.87 bits per heavy atom. The van der Waals surface area contributed by atoms with Gasteiger partial charge in [-0.2, -0.15) is 0 Å². The van der Waals surface area contributed by atoms with Crippen LogP contribution in [0.15, 0.2) is 30.9 Å². The van der Waals surface area contributed by atoms with Crippen LogP contribution in [-0.4, -0.2) is 6.04 Å². The number of rotatable bonds is 5. The van der Waals surface area contributed by atoms with Crippen molar-refractivity contribution in [1.82, 2.24) is 0 Å². The van der Waals surface area contributed by atoms with Gasteiger partial charge in [-0.15, -0.1) is 6.58 Å². The molecular formula is C14H21N. The molecule has 0 aliphatic rings. The van der Waals surface area contributed by atoms with Gasteiger partial charge in [-0.25, -0.2) is 0 Å². The van der Waals surface area contributed by atoms with Gasteiger partial charge in [-0.1, -0.05) is 12.1 Å². The van der Waals surface area contributed by atoms with Crippen molar-refractivity contribution in [3.63, 3.8) is 0 Å². The molecule has 0 aliphatic carbocycles. The van der Waals surface area contributed by atoms with Gasteiger partial charge >= 0.3 is 0 Å². The molecule has 1 nitrogen and oxygen atoms in total. The van der Waals surface area contributed by atoms with Crippen molar-refractivity contribution in [2.45, 2.75) is 39.7 Å². The van der Waals surface area contributed by atoms with Gasteiger partial charge < -0.3 is 5.32 Å². The Morgan fingerprint density at radius 1 is 1.27 bits per heavy atom. The fourth-order valence-electron chi connectivity index (χ4n) is 1.78. The summed E-state index contributed by atoms with van der Waals surface area (Å²) in [6.07, 6.45) is 4.18. The molecule has 0 bridgehead atoms. The van der Waals surface area contributed by atoms with Crippen molar-refractivity contribution >= 4 is 5.69 Å². The Labute approximate surface area is 93.2 Å². The van der Waals surface area contributed by atoms with Crippen molar-refractivity contribution in [3.8, 4) is 0 Å². The molecular weight excluding hydrogens is 182 g/mol. The monoisotopic (exact) mass is 203 g/mol. The number of hydrogen-bond acceptors (Lipinski definition) is 1. The maximum atomic E-state index is 3.74. The summed E-state index contributed by atoms with van der Waals surface area (Å²) in [4.78, 5) is 0. The molecule has 1 rings (SSSR count). The second-order valence-electron chi connectivity index (χ2n) is 4.29. The van der Waals surface area contributed by atoms with E-state index in [0.29, 0.717) is 6.04 Å². The molecule has 1 N–H and O–H groups in total. The van der Waals surface area contributed by atoms with Gasteiger partial charge in [-0.05, 0) is 56.9 Å². The number of hydrogen-bond donors (Lipinski definition) is 1. The third kappa shape index (κ3) is 4.20. The van der Waals surface area contributed by atoms with E-state index in [-0.39, 0.29) is 0 Å². The van der Waals surface area contributed by atoms with Crippen molar-refractivity contribution in [3.05, 3.63) is 42.0 Å². The average Bonchev–Trinajstić information content (AvgIpc) is 2.13. The quantitative estimate of drug-likeness (QED) is 0.711. The minimum atomic E-state index is 0.504. The van der Waals surface area contributed by atoms with Crippen LogP contribution in [0, 0.1) is 13.8 Å². The second-order valence-corrected chi connectivity index (χ2v) is 4.29. The summed E-state index contributed by atoms with van der Waals surface area (Å²) in [7, 11) is 0. The molecule has 0 saturated carbocycles. The first-order valence-corrected chi connectivity index (χ1v) is 5.57. The van der Waals surface area contributed by atoms with Crippen LogP contribution in [0.2, 0.25) is 0 Å². The summed E-state index contributed by atoms with van der Waals surface area (Å²) in [6.45, 7) is 10.2. The molecule has 0 radical (unpaired) electrons. The van der Waals surface area contributed by atoms with Crippen LogP contribution in [0.1, 0.15) is 30.9 Å². The zero-order valence-electron chi connectivity index (χ0n) is 10.0. The molecule has 0 heterocycles. The van der Waals surface area contributed by atoms with Crippen molar-refractivity contribution < 1.29 is 0 Å². The van der Waals surface area contributed by atoms with Gasteiger partial charge in [0.1, 0.15) is 0 Å². The van der Waals surface area contributed by atoms with Gasteiger partial charge in [0.15, 0.2) is 0 Å². The maximum Gasteiger partial charge on any atom is 0.0347 e. The fourth-order valence-corrected chi connectivity index (χ4v) is 1.78. The summed E-state index contributed by atoms with van der Waals surface area (Å²) >= 11 is 0. The van der Waals surface area contributed by atoms with E-state index in [1.807, 2.05) is 6.08 Å². The van der Waals surface area contributed by atoms with Crippen molar-refractivity contribution in [2.75, 3.05) is 5.32 Å². The van der Waals surface area contributed by atoms with E-state index in [2.05, 4.69) is 50.9 Å². The van der Waals surface area contributed by atoms with E-state index in [9.17, 15) is 0 Å². The largest absolute Gasteiger partial charge is 0.383 e. The summed E-state index contributed by atoms with van der Waals surface area (Å²) in [5.74, 6) is 0. The molecule has 0 aromatic heterocycles. The maximum absolute atomic E-state index is 3.74. The molecule has 0 spiro atoms. The van der Waals surface area contributed by atoms with Gasteiger partial charge in [0.05, 0.1) is 0 Å². The lowest BCUT2D eigenvalue weighted by molar-refractivity contribution is 0.719. The zero-order chi connectivity index (χ0) is 11.3. The van der Waals surface area contributed by atoms with Gasteiger partial charge in [0.2, 0.25) is 0 Å². The standard InChI is InChI=1S/C14H21N/c1-5-6-7-13(4)15-14-9-11(2)8-12(3)10-14/h5,8-10,13,15H,1,6-7H2,2-4H3. The van der Waals surface area contributed by atoms with Crippen molar-refractivity contribution in [1.29, 1.82) is 0 Å². The lowest BCUT2D eigenvalue weighted by Gasteiger charge is -2.15. The summed E-state index contributed by atoms with van der Waals surface area (Å²) in [6, 6.07) is 7.08. The molecule has 1 aromatic rings. The lowest BCUT2D eigenvalue weighted by atomic mass is 10.1. The van der Waals surface area contributed by atoms with E-state index in [0.717, 1.165) is 12.8 Å². The van der Waals surface area contributed by atoms with Gasteiger partial charge in [0.25, 0.3) is 0 Å². The number of aryl methyl sites for hydroxylation is 2. The minimum Gasteiger partial charge on any atom is -0.383 e. The molecule has 1 heteroatoms.